The van der Waals surface area contributed by atoms with E-state index in [9.17, 15) is 4.79 Å². The van der Waals surface area contributed by atoms with Crippen LogP contribution in [0.1, 0.15) is 32.1 Å². The van der Waals surface area contributed by atoms with E-state index >= 15 is 0 Å². The number of benzene rings is 1. The summed E-state index contributed by atoms with van der Waals surface area (Å²) in [6.07, 6.45) is 7.03. The van der Waals surface area contributed by atoms with E-state index in [1.807, 2.05) is 24.3 Å². The summed E-state index contributed by atoms with van der Waals surface area (Å²) >= 11 is 5.95. The third-order valence-corrected chi connectivity index (χ3v) is 5.44. The molecule has 4 rings (SSSR count). The fraction of sp³-hybridized carbons (Fsp3) is 0.421. The van der Waals surface area contributed by atoms with Gasteiger partial charge in [0, 0.05) is 36.8 Å². The largest absolute Gasteiger partial charge is 0.351 e. The number of nitrogens with zero attached hydrogens (tertiary/aromatic N) is 4. The lowest BCUT2D eigenvalue weighted by molar-refractivity contribution is -0.118. The second kappa shape index (κ2) is 7.11. The minimum Gasteiger partial charge on any atom is -0.351 e. The van der Waals surface area contributed by atoms with Crippen molar-refractivity contribution in [3.05, 3.63) is 35.5 Å². The summed E-state index contributed by atoms with van der Waals surface area (Å²) in [4.78, 5) is 25.5. The van der Waals surface area contributed by atoms with Crippen LogP contribution < -0.4 is 15.1 Å². The summed E-state index contributed by atoms with van der Waals surface area (Å²) in [6, 6.07) is 7.88. The number of nitrogens with one attached hydrogen (secondary N) is 1. The molecule has 136 valence electrons. The lowest BCUT2D eigenvalue weighted by atomic mass is 10.2. The predicted molar refractivity (Wildman–Crippen MR) is 104 cm³/mol. The van der Waals surface area contributed by atoms with Gasteiger partial charge in [-0.1, -0.05) is 24.4 Å². The summed E-state index contributed by atoms with van der Waals surface area (Å²) in [5, 5.41) is 3.91. The van der Waals surface area contributed by atoms with E-state index in [-0.39, 0.29) is 5.91 Å². The molecule has 26 heavy (non-hydrogen) atoms. The fourth-order valence-corrected chi connectivity index (χ4v) is 3.86. The quantitative estimate of drug-likeness (QED) is 0.883. The molecule has 1 amide bonds. The fourth-order valence-electron chi connectivity index (χ4n) is 3.73. The third-order valence-electron chi connectivity index (χ3n) is 5.19. The smallest absolute Gasteiger partial charge is 0.229 e. The molecule has 0 bridgehead atoms. The molecule has 0 unspecified atom stereocenters. The number of fused-ring (bicyclic) bond motifs is 1. The lowest BCUT2D eigenvalue weighted by Gasteiger charge is -2.30. The van der Waals surface area contributed by atoms with Crippen LogP contribution in [0.3, 0.4) is 0 Å². The molecule has 6 nitrogen and oxygen atoms in total. The summed E-state index contributed by atoms with van der Waals surface area (Å²) < 4.78 is 0. The number of hydrogen-bond acceptors (Lipinski definition) is 5. The van der Waals surface area contributed by atoms with Crippen molar-refractivity contribution in [1.82, 2.24) is 9.97 Å². The van der Waals surface area contributed by atoms with Crippen molar-refractivity contribution >= 4 is 40.6 Å². The number of carbonyl (C=O) groups excluding carboxylic acids is 1. The highest BCUT2D eigenvalue weighted by atomic mass is 35.5. The number of rotatable bonds is 3. The Labute approximate surface area is 158 Å². The number of aromatic nitrogens is 2. The molecule has 1 aliphatic heterocycles. The van der Waals surface area contributed by atoms with Crippen LogP contribution in [0.5, 0.6) is 0 Å². The minimum absolute atomic E-state index is 0.105. The second-order valence-electron chi connectivity index (χ2n) is 6.87. The van der Waals surface area contributed by atoms with Gasteiger partial charge in [-0.2, -0.15) is 4.98 Å². The molecule has 7 heteroatoms. The average molecular weight is 372 g/mol. The van der Waals surface area contributed by atoms with Crippen molar-refractivity contribution in [3.63, 3.8) is 0 Å². The molecule has 2 heterocycles. The van der Waals surface area contributed by atoms with Crippen LogP contribution in [0.2, 0.25) is 5.02 Å². The van der Waals surface area contributed by atoms with Gasteiger partial charge in [0.25, 0.3) is 0 Å². The van der Waals surface area contributed by atoms with Gasteiger partial charge in [0.2, 0.25) is 11.9 Å². The average Bonchev–Trinajstić information content (AvgIpc) is 3.14. The molecule has 0 radical (unpaired) electrons. The number of halogens is 1. The van der Waals surface area contributed by atoms with Gasteiger partial charge in [0.05, 0.1) is 6.20 Å². The highest BCUT2D eigenvalue weighted by molar-refractivity contribution is 6.30. The standard InChI is InChI=1S/C19H22ClN5O/c1-24-16-12-21-19(22-14-8-6-13(20)7-9-14)23-18(16)25(11-10-17(24)26)15-4-2-3-5-15/h6-9,12,15H,2-5,10-11H2,1H3,(H,21,22,23). The van der Waals surface area contributed by atoms with Crippen LogP contribution in [0.15, 0.2) is 30.5 Å². The molecule has 1 aliphatic carbocycles. The van der Waals surface area contributed by atoms with Gasteiger partial charge in [0.15, 0.2) is 5.82 Å². The molecule has 0 spiro atoms. The Hall–Kier alpha value is -2.34. The molecule has 0 atom stereocenters. The van der Waals surface area contributed by atoms with E-state index in [2.05, 4.69) is 15.2 Å². The molecule has 1 saturated carbocycles. The molecule has 1 fully saturated rings. The van der Waals surface area contributed by atoms with Crippen LogP contribution in [-0.4, -0.2) is 35.5 Å². The number of anilines is 4. The Bertz CT molecular complexity index is 804. The van der Waals surface area contributed by atoms with E-state index in [0.717, 1.165) is 30.0 Å². The Morgan fingerprint density at radius 1 is 1.19 bits per heavy atom. The Kier molecular flexibility index (Phi) is 4.68. The second-order valence-corrected chi connectivity index (χ2v) is 7.31. The topological polar surface area (TPSA) is 61.4 Å². The third kappa shape index (κ3) is 3.33. The molecule has 2 aromatic rings. The first-order valence-electron chi connectivity index (χ1n) is 9.04. The van der Waals surface area contributed by atoms with Crippen molar-refractivity contribution in [1.29, 1.82) is 0 Å². The maximum atomic E-state index is 12.4. The number of carbonyl (C=O) groups is 1. The van der Waals surface area contributed by atoms with E-state index in [1.54, 1.807) is 18.1 Å². The van der Waals surface area contributed by atoms with Gasteiger partial charge >= 0.3 is 0 Å². The molecule has 0 saturated heterocycles. The first-order chi connectivity index (χ1) is 12.6. The maximum Gasteiger partial charge on any atom is 0.229 e. The minimum atomic E-state index is 0.105. The van der Waals surface area contributed by atoms with Crippen LogP contribution >= 0.6 is 11.6 Å². The summed E-state index contributed by atoms with van der Waals surface area (Å²) in [5.74, 6) is 1.47. The lowest BCUT2D eigenvalue weighted by Crippen LogP contribution is -2.34. The van der Waals surface area contributed by atoms with Crippen molar-refractivity contribution in [2.75, 3.05) is 28.7 Å². The van der Waals surface area contributed by atoms with Crippen molar-refractivity contribution in [2.45, 2.75) is 38.1 Å². The van der Waals surface area contributed by atoms with Gasteiger partial charge in [-0.25, -0.2) is 4.98 Å². The van der Waals surface area contributed by atoms with Crippen molar-refractivity contribution in [2.24, 2.45) is 0 Å². The van der Waals surface area contributed by atoms with Crippen LogP contribution in [0.25, 0.3) is 0 Å². The van der Waals surface area contributed by atoms with Gasteiger partial charge in [-0.3, -0.25) is 4.79 Å². The Morgan fingerprint density at radius 3 is 2.65 bits per heavy atom. The molecular formula is C19H22ClN5O. The van der Waals surface area contributed by atoms with Gasteiger partial charge in [0.1, 0.15) is 5.69 Å². The van der Waals surface area contributed by atoms with E-state index in [4.69, 9.17) is 16.6 Å². The van der Waals surface area contributed by atoms with Crippen molar-refractivity contribution in [3.8, 4) is 0 Å². The maximum absolute atomic E-state index is 12.4. The first-order valence-corrected chi connectivity index (χ1v) is 9.42. The van der Waals surface area contributed by atoms with Crippen molar-refractivity contribution < 1.29 is 4.79 Å². The zero-order valence-corrected chi connectivity index (χ0v) is 15.5. The molecule has 1 N–H and O–H groups in total. The van der Waals surface area contributed by atoms with Gasteiger partial charge in [-0.15, -0.1) is 0 Å². The highest BCUT2D eigenvalue weighted by Crippen LogP contribution is 2.36. The number of hydrogen-bond donors (Lipinski definition) is 1. The molecule has 1 aromatic heterocycles. The molecular weight excluding hydrogens is 350 g/mol. The monoisotopic (exact) mass is 371 g/mol. The summed E-state index contributed by atoms with van der Waals surface area (Å²) in [7, 11) is 1.80. The molecule has 1 aromatic carbocycles. The number of amides is 1. The van der Waals surface area contributed by atoms with Gasteiger partial charge < -0.3 is 15.1 Å². The molecule has 2 aliphatic rings. The summed E-state index contributed by atoms with van der Waals surface area (Å²) in [5.41, 5.74) is 1.65. The zero-order chi connectivity index (χ0) is 18.1. The Morgan fingerprint density at radius 2 is 1.92 bits per heavy atom. The zero-order valence-electron chi connectivity index (χ0n) is 14.8. The van der Waals surface area contributed by atoms with E-state index in [1.165, 1.54) is 12.8 Å². The SMILES string of the molecule is CN1C(=O)CCN(C2CCCC2)c2nc(Nc3ccc(Cl)cc3)ncc21. The first kappa shape index (κ1) is 17.1. The highest BCUT2D eigenvalue weighted by Gasteiger charge is 2.31. The van der Waals surface area contributed by atoms with E-state index < -0.39 is 0 Å². The summed E-state index contributed by atoms with van der Waals surface area (Å²) in [6.45, 7) is 0.707. The normalized spacial score (nSPS) is 18.0. The van der Waals surface area contributed by atoms with Crippen LogP contribution in [0.4, 0.5) is 23.1 Å². The Balaban J connectivity index is 1.69. The van der Waals surface area contributed by atoms with Crippen LogP contribution in [-0.2, 0) is 4.79 Å². The predicted octanol–water partition coefficient (Wildman–Crippen LogP) is 3.99. The van der Waals surface area contributed by atoms with Gasteiger partial charge in [-0.05, 0) is 37.1 Å². The van der Waals surface area contributed by atoms with Crippen LogP contribution in [0, 0.1) is 0 Å². The van der Waals surface area contributed by atoms with E-state index in [0.29, 0.717) is 30.0 Å².